The maximum Gasteiger partial charge on any atom is 0.253 e. The van der Waals surface area contributed by atoms with Crippen molar-refractivity contribution in [3.8, 4) is 0 Å². The van der Waals surface area contributed by atoms with Crippen molar-refractivity contribution < 1.29 is 4.79 Å². The molecule has 0 aliphatic carbocycles. The SMILES string of the molecule is CC(NC(=O)c1cnc(Cl)c2ccccc12)C(C)(C)C. The van der Waals surface area contributed by atoms with Crippen molar-refractivity contribution in [3.63, 3.8) is 0 Å². The van der Waals surface area contributed by atoms with Gasteiger partial charge in [0.1, 0.15) is 5.15 Å². The lowest BCUT2D eigenvalue weighted by atomic mass is 9.88. The second-order valence-electron chi connectivity index (χ2n) is 6.07. The normalized spacial score (nSPS) is 13.2. The number of hydrogen-bond donors (Lipinski definition) is 1. The maximum absolute atomic E-state index is 12.4. The largest absolute Gasteiger partial charge is 0.349 e. The van der Waals surface area contributed by atoms with Crippen LogP contribution in [0.3, 0.4) is 0 Å². The van der Waals surface area contributed by atoms with Crippen molar-refractivity contribution in [2.75, 3.05) is 0 Å². The fourth-order valence-electron chi connectivity index (χ4n) is 1.83. The van der Waals surface area contributed by atoms with Crippen molar-refractivity contribution in [2.45, 2.75) is 33.7 Å². The number of nitrogens with one attached hydrogen (secondary N) is 1. The van der Waals surface area contributed by atoms with Gasteiger partial charge in [-0.2, -0.15) is 0 Å². The molecule has 0 fully saturated rings. The number of halogens is 1. The van der Waals surface area contributed by atoms with Gasteiger partial charge in [0.15, 0.2) is 0 Å². The van der Waals surface area contributed by atoms with Gasteiger partial charge >= 0.3 is 0 Å². The van der Waals surface area contributed by atoms with E-state index in [1.54, 1.807) is 0 Å². The smallest absolute Gasteiger partial charge is 0.253 e. The minimum Gasteiger partial charge on any atom is -0.349 e. The molecule has 0 aliphatic heterocycles. The molecular weight excluding hydrogens is 272 g/mol. The third kappa shape index (κ3) is 2.93. The van der Waals surface area contributed by atoms with Crippen LogP contribution in [0, 0.1) is 5.41 Å². The summed E-state index contributed by atoms with van der Waals surface area (Å²) in [6.07, 6.45) is 1.54. The minimum absolute atomic E-state index is 0.00528. The third-order valence-corrected chi connectivity index (χ3v) is 3.94. The average Bonchev–Trinajstić information content (AvgIpc) is 2.38. The first kappa shape index (κ1) is 14.8. The summed E-state index contributed by atoms with van der Waals surface area (Å²) in [5, 5.41) is 5.06. The second kappa shape index (κ2) is 5.41. The first-order valence-electron chi connectivity index (χ1n) is 6.65. The Labute approximate surface area is 124 Å². The monoisotopic (exact) mass is 290 g/mol. The summed E-state index contributed by atoms with van der Waals surface area (Å²) in [6, 6.07) is 7.59. The van der Waals surface area contributed by atoms with Gasteiger partial charge in [-0.15, -0.1) is 0 Å². The maximum atomic E-state index is 12.4. The molecule has 1 heterocycles. The topological polar surface area (TPSA) is 42.0 Å². The summed E-state index contributed by atoms with van der Waals surface area (Å²) >= 11 is 6.07. The molecule has 1 aromatic heterocycles. The lowest BCUT2D eigenvalue weighted by molar-refractivity contribution is 0.0911. The zero-order valence-corrected chi connectivity index (χ0v) is 13.0. The van der Waals surface area contributed by atoms with Crippen LogP contribution >= 0.6 is 11.6 Å². The van der Waals surface area contributed by atoms with Crippen LogP contribution in [0.5, 0.6) is 0 Å². The molecule has 1 aromatic carbocycles. The molecule has 3 nitrogen and oxygen atoms in total. The minimum atomic E-state index is -0.118. The van der Waals surface area contributed by atoms with Gasteiger partial charge < -0.3 is 5.32 Å². The van der Waals surface area contributed by atoms with E-state index in [-0.39, 0.29) is 17.4 Å². The number of benzene rings is 1. The molecule has 0 aliphatic rings. The van der Waals surface area contributed by atoms with E-state index in [1.807, 2.05) is 31.2 Å². The summed E-state index contributed by atoms with van der Waals surface area (Å²) in [7, 11) is 0. The van der Waals surface area contributed by atoms with Gasteiger partial charge in [0.25, 0.3) is 5.91 Å². The molecule has 0 spiro atoms. The predicted molar refractivity (Wildman–Crippen MR) is 83.1 cm³/mol. The Morgan fingerprint density at radius 2 is 1.85 bits per heavy atom. The number of pyridine rings is 1. The van der Waals surface area contributed by atoms with Crippen molar-refractivity contribution in [1.82, 2.24) is 10.3 Å². The Morgan fingerprint density at radius 3 is 2.45 bits per heavy atom. The van der Waals surface area contributed by atoms with E-state index in [0.29, 0.717) is 10.7 Å². The molecular formula is C16H19ClN2O. The molecule has 1 amide bonds. The summed E-state index contributed by atoms with van der Waals surface area (Å²) in [5.74, 6) is -0.118. The first-order valence-corrected chi connectivity index (χ1v) is 7.02. The Balaban J connectivity index is 2.39. The molecule has 2 aromatic rings. The van der Waals surface area contributed by atoms with Crippen LogP contribution in [-0.4, -0.2) is 16.9 Å². The van der Waals surface area contributed by atoms with E-state index < -0.39 is 0 Å². The average molecular weight is 291 g/mol. The molecule has 106 valence electrons. The van der Waals surface area contributed by atoms with Crippen molar-refractivity contribution >= 4 is 28.3 Å². The van der Waals surface area contributed by atoms with Crippen LogP contribution in [-0.2, 0) is 0 Å². The number of nitrogens with zero attached hydrogens (tertiary/aromatic N) is 1. The number of hydrogen-bond acceptors (Lipinski definition) is 2. The van der Waals surface area contributed by atoms with E-state index in [1.165, 1.54) is 6.20 Å². The molecule has 1 N–H and O–H groups in total. The molecule has 1 atom stereocenters. The van der Waals surface area contributed by atoms with E-state index in [4.69, 9.17) is 11.6 Å². The Kier molecular flexibility index (Phi) is 4.00. The molecule has 20 heavy (non-hydrogen) atoms. The molecule has 4 heteroatoms. The lowest BCUT2D eigenvalue weighted by Gasteiger charge is -2.28. The molecule has 2 rings (SSSR count). The van der Waals surface area contributed by atoms with Crippen LogP contribution in [0.2, 0.25) is 5.15 Å². The number of rotatable bonds is 2. The number of amides is 1. The number of fused-ring (bicyclic) bond motifs is 1. The highest BCUT2D eigenvalue weighted by Crippen LogP contribution is 2.25. The standard InChI is InChI=1S/C16H19ClN2O/c1-10(16(2,3)4)19-15(20)13-9-18-14(17)12-8-6-5-7-11(12)13/h5-10H,1-4H3,(H,19,20). The quantitative estimate of drug-likeness (QED) is 0.848. The Bertz CT molecular complexity index is 646. The lowest BCUT2D eigenvalue weighted by Crippen LogP contribution is -2.41. The fraction of sp³-hybridized carbons (Fsp3) is 0.375. The highest BCUT2D eigenvalue weighted by atomic mass is 35.5. The predicted octanol–water partition coefficient (Wildman–Crippen LogP) is 4.05. The van der Waals surface area contributed by atoms with E-state index in [2.05, 4.69) is 31.1 Å². The van der Waals surface area contributed by atoms with Crippen LogP contribution in [0.15, 0.2) is 30.5 Å². The summed E-state index contributed by atoms with van der Waals surface area (Å²) < 4.78 is 0. The third-order valence-electron chi connectivity index (χ3n) is 3.64. The van der Waals surface area contributed by atoms with Gasteiger partial charge in [0.2, 0.25) is 0 Å². The molecule has 0 saturated heterocycles. The van der Waals surface area contributed by atoms with Crippen LogP contribution in [0.4, 0.5) is 0 Å². The van der Waals surface area contributed by atoms with Gasteiger partial charge in [-0.3, -0.25) is 4.79 Å². The summed E-state index contributed by atoms with van der Waals surface area (Å²) in [4.78, 5) is 16.5. The van der Waals surface area contributed by atoms with Gasteiger partial charge in [-0.25, -0.2) is 4.98 Å². The van der Waals surface area contributed by atoms with Crippen LogP contribution in [0.25, 0.3) is 10.8 Å². The summed E-state index contributed by atoms with van der Waals surface area (Å²) in [5.41, 5.74) is 0.562. The molecule has 0 saturated carbocycles. The zero-order chi connectivity index (χ0) is 14.9. The van der Waals surface area contributed by atoms with Gasteiger partial charge in [-0.1, -0.05) is 56.6 Å². The Hall–Kier alpha value is -1.61. The fourth-order valence-corrected chi connectivity index (χ4v) is 2.04. The first-order chi connectivity index (χ1) is 9.30. The summed E-state index contributed by atoms with van der Waals surface area (Å²) in [6.45, 7) is 8.28. The number of aromatic nitrogens is 1. The zero-order valence-electron chi connectivity index (χ0n) is 12.2. The highest BCUT2D eigenvalue weighted by Gasteiger charge is 2.23. The van der Waals surface area contributed by atoms with E-state index >= 15 is 0 Å². The van der Waals surface area contributed by atoms with Gasteiger partial charge in [0.05, 0.1) is 5.56 Å². The number of carbonyl (C=O) groups excluding carboxylic acids is 1. The van der Waals surface area contributed by atoms with E-state index in [0.717, 1.165) is 10.8 Å². The Morgan fingerprint density at radius 1 is 1.25 bits per heavy atom. The van der Waals surface area contributed by atoms with Gasteiger partial charge in [0, 0.05) is 17.6 Å². The van der Waals surface area contributed by atoms with Crippen LogP contribution in [0.1, 0.15) is 38.1 Å². The van der Waals surface area contributed by atoms with E-state index in [9.17, 15) is 4.79 Å². The second-order valence-corrected chi connectivity index (χ2v) is 6.43. The van der Waals surface area contributed by atoms with Crippen LogP contribution < -0.4 is 5.32 Å². The molecule has 0 radical (unpaired) electrons. The molecule has 1 unspecified atom stereocenters. The van der Waals surface area contributed by atoms with Crippen molar-refractivity contribution in [2.24, 2.45) is 5.41 Å². The van der Waals surface area contributed by atoms with Gasteiger partial charge in [-0.05, 0) is 17.7 Å². The highest BCUT2D eigenvalue weighted by molar-refractivity contribution is 6.34. The number of carbonyl (C=O) groups is 1. The van der Waals surface area contributed by atoms with Crippen molar-refractivity contribution in [3.05, 3.63) is 41.2 Å². The van der Waals surface area contributed by atoms with Crippen molar-refractivity contribution in [1.29, 1.82) is 0 Å². The molecule has 0 bridgehead atoms.